The summed E-state index contributed by atoms with van der Waals surface area (Å²) in [5.74, 6) is -0.370. The van der Waals surface area contributed by atoms with Crippen LogP contribution in [-0.2, 0) is 20.0 Å². The molecule has 2 rings (SSSR count). The van der Waals surface area contributed by atoms with E-state index in [4.69, 9.17) is 4.52 Å². The number of aromatic nitrogens is 1. The van der Waals surface area contributed by atoms with Crippen molar-refractivity contribution in [1.82, 2.24) is 5.16 Å². The SMILES string of the molecule is CC(C)(CO)c1cc(NC(=O)C(C)(C)S(=O)(=O)CC2CC2)on1. The van der Waals surface area contributed by atoms with Gasteiger partial charge in [0.05, 0.1) is 18.1 Å². The van der Waals surface area contributed by atoms with Crippen molar-refractivity contribution in [1.29, 1.82) is 0 Å². The smallest absolute Gasteiger partial charge is 0.247 e. The van der Waals surface area contributed by atoms with Gasteiger partial charge in [0.25, 0.3) is 0 Å². The molecule has 0 unspecified atom stereocenters. The molecule has 1 aliphatic carbocycles. The number of carbonyl (C=O) groups excluding carboxylic acids is 1. The molecule has 1 aromatic heterocycles. The first-order valence-electron chi connectivity index (χ1n) is 7.61. The molecule has 1 aliphatic rings. The van der Waals surface area contributed by atoms with Crippen LogP contribution in [0.2, 0.25) is 0 Å². The highest BCUT2D eigenvalue weighted by Gasteiger charge is 2.44. The van der Waals surface area contributed by atoms with Crippen LogP contribution in [0.3, 0.4) is 0 Å². The maximum Gasteiger partial charge on any atom is 0.247 e. The molecule has 2 N–H and O–H groups in total. The predicted molar refractivity (Wildman–Crippen MR) is 85.8 cm³/mol. The van der Waals surface area contributed by atoms with E-state index in [1.165, 1.54) is 19.9 Å². The molecule has 0 spiro atoms. The number of aliphatic hydroxyl groups is 1. The molecule has 0 atom stereocenters. The van der Waals surface area contributed by atoms with Crippen molar-refractivity contribution >= 4 is 21.6 Å². The Hall–Kier alpha value is -1.41. The fourth-order valence-corrected chi connectivity index (χ4v) is 3.64. The van der Waals surface area contributed by atoms with Crippen LogP contribution in [0.25, 0.3) is 0 Å². The van der Waals surface area contributed by atoms with E-state index in [0.717, 1.165) is 12.8 Å². The molecule has 23 heavy (non-hydrogen) atoms. The fourth-order valence-electron chi connectivity index (χ4n) is 1.94. The largest absolute Gasteiger partial charge is 0.395 e. The van der Waals surface area contributed by atoms with E-state index in [9.17, 15) is 18.3 Å². The molecule has 0 aliphatic heterocycles. The van der Waals surface area contributed by atoms with Gasteiger partial charge in [-0.3, -0.25) is 10.1 Å². The van der Waals surface area contributed by atoms with Gasteiger partial charge in [0.2, 0.25) is 11.8 Å². The van der Waals surface area contributed by atoms with Crippen LogP contribution in [0.5, 0.6) is 0 Å². The van der Waals surface area contributed by atoms with Crippen LogP contribution in [0.1, 0.15) is 46.2 Å². The Morgan fingerprint density at radius 1 is 1.39 bits per heavy atom. The zero-order valence-electron chi connectivity index (χ0n) is 13.9. The fraction of sp³-hybridized carbons (Fsp3) is 0.733. The van der Waals surface area contributed by atoms with Crippen LogP contribution < -0.4 is 5.32 Å². The van der Waals surface area contributed by atoms with Gasteiger partial charge in [0.15, 0.2) is 9.84 Å². The Morgan fingerprint density at radius 2 is 2.00 bits per heavy atom. The molecular formula is C15H24N2O5S. The van der Waals surface area contributed by atoms with Crippen molar-refractivity contribution in [3.05, 3.63) is 11.8 Å². The molecule has 1 fully saturated rings. The second-order valence-corrected chi connectivity index (χ2v) is 9.89. The van der Waals surface area contributed by atoms with Gasteiger partial charge >= 0.3 is 0 Å². The standard InChI is InChI=1S/C15H24N2O5S/c1-14(2,9-18)11-7-12(22-17-11)16-13(19)15(3,4)23(20,21)8-10-5-6-10/h7,10,18H,5-6,8-9H2,1-4H3,(H,16,19). The lowest BCUT2D eigenvalue weighted by Gasteiger charge is -2.23. The van der Waals surface area contributed by atoms with E-state index in [0.29, 0.717) is 5.69 Å². The highest BCUT2D eigenvalue weighted by Crippen LogP contribution is 2.34. The molecule has 1 heterocycles. The second kappa shape index (κ2) is 5.90. The molecule has 1 aromatic rings. The van der Waals surface area contributed by atoms with E-state index < -0.39 is 25.9 Å². The third-order valence-corrected chi connectivity index (χ3v) is 6.96. The van der Waals surface area contributed by atoms with Crippen molar-refractivity contribution in [2.45, 2.75) is 50.7 Å². The lowest BCUT2D eigenvalue weighted by molar-refractivity contribution is -0.118. The Morgan fingerprint density at radius 3 is 2.52 bits per heavy atom. The maximum atomic E-state index is 12.4. The average molecular weight is 344 g/mol. The van der Waals surface area contributed by atoms with Crippen molar-refractivity contribution in [2.24, 2.45) is 5.92 Å². The molecule has 0 radical (unpaired) electrons. The third-order valence-electron chi connectivity index (χ3n) is 4.31. The van der Waals surface area contributed by atoms with E-state index >= 15 is 0 Å². The normalized spacial score (nSPS) is 16.4. The number of aliphatic hydroxyl groups excluding tert-OH is 1. The molecule has 130 valence electrons. The van der Waals surface area contributed by atoms with Crippen molar-refractivity contribution in [2.75, 3.05) is 17.7 Å². The summed E-state index contributed by atoms with van der Waals surface area (Å²) in [7, 11) is -3.56. The number of hydrogen-bond acceptors (Lipinski definition) is 6. The highest BCUT2D eigenvalue weighted by atomic mass is 32.2. The topological polar surface area (TPSA) is 110 Å². The Balaban J connectivity index is 2.11. The minimum absolute atomic E-state index is 0.0343. The molecule has 0 saturated heterocycles. The van der Waals surface area contributed by atoms with Gasteiger partial charge in [-0.05, 0) is 32.6 Å². The Bertz CT molecular complexity index is 686. The van der Waals surface area contributed by atoms with Crippen LogP contribution >= 0.6 is 0 Å². The van der Waals surface area contributed by atoms with Gasteiger partial charge < -0.3 is 9.63 Å². The number of amides is 1. The molecule has 0 aromatic carbocycles. The van der Waals surface area contributed by atoms with Gasteiger partial charge in [0.1, 0.15) is 4.75 Å². The summed E-state index contributed by atoms with van der Waals surface area (Å²) < 4.78 is 28.3. The molecule has 0 bridgehead atoms. The summed E-state index contributed by atoms with van der Waals surface area (Å²) in [5.41, 5.74) is -0.131. The molecule has 8 heteroatoms. The molecule has 7 nitrogen and oxygen atoms in total. The summed E-state index contributed by atoms with van der Waals surface area (Å²) in [6.45, 7) is 6.22. The first-order valence-corrected chi connectivity index (χ1v) is 9.26. The number of nitrogens with zero attached hydrogens (tertiary/aromatic N) is 1. The first-order chi connectivity index (χ1) is 10.5. The lowest BCUT2D eigenvalue weighted by atomic mass is 9.91. The van der Waals surface area contributed by atoms with E-state index in [1.54, 1.807) is 13.8 Å². The Labute approximate surface area is 136 Å². The summed E-state index contributed by atoms with van der Waals surface area (Å²) in [6, 6.07) is 1.50. The van der Waals surface area contributed by atoms with Crippen LogP contribution in [0.4, 0.5) is 5.88 Å². The van der Waals surface area contributed by atoms with Gasteiger partial charge in [-0.15, -0.1) is 0 Å². The summed E-state index contributed by atoms with van der Waals surface area (Å²) in [6.07, 6.45) is 1.80. The van der Waals surface area contributed by atoms with Crippen LogP contribution in [0.15, 0.2) is 10.6 Å². The summed E-state index contributed by atoms with van der Waals surface area (Å²) >= 11 is 0. The van der Waals surface area contributed by atoms with E-state index in [-0.39, 0.29) is 24.2 Å². The van der Waals surface area contributed by atoms with Crippen LogP contribution in [-0.4, -0.2) is 41.7 Å². The number of rotatable bonds is 7. The number of nitrogens with one attached hydrogen (secondary N) is 1. The monoisotopic (exact) mass is 344 g/mol. The van der Waals surface area contributed by atoms with Gasteiger partial charge in [0, 0.05) is 11.5 Å². The highest BCUT2D eigenvalue weighted by molar-refractivity contribution is 7.93. The molecular weight excluding hydrogens is 320 g/mol. The zero-order valence-corrected chi connectivity index (χ0v) is 14.7. The summed E-state index contributed by atoms with van der Waals surface area (Å²) in [4.78, 5) is 12.4. The summed E-state index contributed by atoms with van der Waals surface area (Å²) in [5, 5.41) is 15.6. The lowest BCUT2D eigenvalue weighted by Crippen LogP contribution is -2.45. The average Bonchev–Trinajstić information content (AvgIpc) is 3.12. The van der Waals surface area contributed by atoms with Gasteiger partial charge in [-0.1, -0.05) is 19.0 Å². The number of anilines is 1. The number of carbonyl (C=O) groups is 1. The Kier molecular flexibility index (Phi) is 4.60. The molecule has 1 saturated carbocycles. The maximum absolute atomic E-state index is 12.4. The second-order valence-electron chi connectivity index (χ2n) is 7.31. The number of hydrogen-bond donors (Lipinski definition) is 2. The number of sulfone groups is 1. The minimum atomic E-state index is -3.56. The quantitative estimate of drug-likeness (QED) is 0.775. The van der Waals surface area contributed by atoms with Crippen LogP contribution in [0, 0.1) is 5.92 Å². The van der Waals surface area contributed by atoms with E-state index in [2.05, 4.69) is 10.5 Å². The van der Waals surface area contributed by atoms with Crippen molar-refractivity contribution in [3.63, 3.8) is 0 Å². The minimum Gasteiger partial charge on any atom is -0.395 e. The van der Waals surface area contributed by atoms with Crippen molar-refractivity contribution < 1.29 is 22.8 Å². The van der Waals surface area contributed by atoms with Gasteiger partial charge in [-0.25, -0.2) is 8.42 Å². The predicted octanol–water partition coefficient (Wildman–Crippen LogP) is 1.49. The van der Waals surface area contributed by atoms with Crippen molar-refractivity contribution in [3.8, 4) is 0 Å². The zero-order chi connectivity index (χ0) is 17.5. The third kappa shape index (κ3) is 3.74. The van der Waals surface area contributed by atoms with E-state index in [1.807, 2.05) is 0 Å². The van der Waals surface area contributed by atoms with Gasteiger partial charge in [-0.2, -0.15) is 0 Å². The molecule has 1 amide bonds. The first kappa shape index (κ1) is 17.9.